The minimum absolute atomic E-state index is 0.0411. The summed E-state index contributed by atoms with van der Waals surface area (Å²) < 4.78 is 7.02. The molecule has 2 aromatic heterocycles. The lowest BCUT2D eigenvalue weighted by atomic mass is 10.2. The Bertz CT molecular complexity index is 473. The number of rotatable bonds is 4. The van der Waals surface area contributed by atoms with Crippen molar-refractivity contribution in [2.75, 3.05) is 0 Å². The van der Waals surface area contributed by atoms with Gasteiger partial charge in [0.25, 0.3) is 0 Å². The van der Waals surface area contributed by atoms with Crippen LogP contribution in [0.1, 0.15) is 35.7 Å². The van der Waals surface area contributed by atoms with Crippen LogP contribution in [0, 0.1) is 0 Å². The Balaban J connectivity index is 2.30. The smallest absolute Gasteiger partial charge is 0.371 e. The van der Waals surface area contributed by atoms with Gasteiger partial charge in [0.05, 0.1) is 0 Å². The molecule has 84 valence electrons. The van der Waals surface area contributed by atoms with E-state index in [4.69, 9.17) is 9.52 Å². The molecule has 0 fully saturated rings. The van der Waals surface area contributed by atoms with Crippen LogP contribution in [0.5, 0.6) is 0 Å². The van der Waals surface area contributed by atoms with Crippen molar-refractivity contribution in [1.29, 1.82) is 0 Å². The quantitative estimate of drug-likeness (QED) is 0.857. The average Bonchev–Trinajstić information content (AvgIpc) is 2.88. The molecule has 1 atom stereocenters. The number of carboxylic acids is 1. The van der Waals surface area contributed by atoms with Crippen molar-refractivity contribution in [2.45, 2.75) is 19.4 Å². The van der Waals surface area contributed by atoms with E-state index in [1.54, 1.807) is 16.9 Å². The zero-order valence-corrected chi connectivity index (χ0v) is 8.83. The van der Waals surface area contributed by atoms with Gasteiger partial charge in [-0.25, -0.2) is 4.79 Å². The number of hydrogen-bond donors (Lipinski definition) is 1. The highest BCUT2D eigenvalue weighted by Gasteiger charge is 2.17. The zero-order chi connectivity index (χ0) is 11.5. The van der Waals surface area contributed by atoms with Crippen LogP contribution in [0.2, 0.25) is 0 Å². The molecule has 0 aromatic carbocycles. The molecule has 0 unspecified atom stereocenters. The molecule has 5 heteroatoms. The van der Waals surface area contributed by atoms with Gasteiger partial charge in [0, 0.05) is 12.4 Å². The fourth-order valence-corrected chi connectivity index (χ4v) is 1.63. The molecule has 0 aliphatic carbocycles. The fourth-order valence-electron chi connectivity index (χ4n) is 1.63. The lowest BCUT2D eigenvalue weighted by Crippen LogP contribution is -2.09. The van der Waals surface area contributed by atoms with Crippen molar-refractivity contribution in [3.63, 3.8) is 0 Å². The highest BCUT2D eigenvalue weighted by atomic mass is 16.4. The second-order valence-electron chi connectivity index (χ2n) is 3.42. The van der Waals surface area contributed by atoms with Crippen LogP contribution in [0.25, 0.3) is 0 Å². The van der Waals surface area contributed by atoms with Gasteiger partial charge in [-0.3, -0.25) is 4.68 Å². The van der Waals surface area contributed by atoms with Gasteiger partial charge in [0.2, 0.25) is 5.76 Å². The van der Waals surface area contributed by atoms with Crippen molar-refractivity contribution in [3.05, 3.63) is 42.1 Å². The van der Waals surface area contributed by atoms with E-state index < -0.39 is 5.97 Å². The fraction of sp³-hybridized carbons (Fsp3) is 0.273. The van der Waals surface area contributed by atoms with E-state index in [2.05, 4.69) is 5.10 Å². The lowest BCUT2D eigenvalue weighted by molar-refractivity contribution is 0.0659. The number of hydrogen-bond acceptors (Lipinski definition) is 3. The summed E-state index contributed by atoms with van der Waals surface area (Å²) in [5.74, 6) is -0.481. The molecule has 2 heterocycles. The number of carboxylic acid groups (broad SMARTS) is 1. The maximum atomic E-state index is 10.7. The number of carbonyl (C=O) groups is 1. The molecule has 0 amide bonds. The van der Waals surface area contributed by atoms with E-state index in [0.29, 0.717) is 5.76 Å². The van der Waals surface area contributed by atoms with Gasteiger partial charge in [-0.1, -0.05) is 6.92 Å². The van der Waals surface area contributed by atoms with E-state index in [0.717, 1.165) is 6.42 Å². The zero-order valence-electron chi connectivity index (χ0n) is 8.83. The number of aromatic nitrogens is 2. The number of aromatic carboxylic acids is 1. The third kappa shape index (κ3) is 1.84. The topological polar surface area (TPSA) is 68.3 Å². The SMILES string of the molecule is CC[C@H](c1ccc(C(=O)O)o1)n1cccn1. The predicted molar refractivity (Wildman–Crippen MR) is 56.3 cm³/mol. The van der Waals surface area contributed by atoms with E-state index >= 15 is 0 Å². The van der Waals surface area contributed by atoms with E-state index in [-0.39, 0.29) is 11.8 Å². The average molecular weight is 220 g/mol. The molecule has 0 aliphatic heterocycles. The molecule has 16 heavy (non-hydrogen) atoms. The molecule has 5 nitrogen and oxygen atoms in total. The third-order valence-electron chi connectivity index (χ3n) is 2.40. The minimum atomic E-state index is -1.05. The highest BCUT2D eigenvalue weighted by Crippen LogP contribution is 2.23. The summed E-state index contributed by atoms with van der Waals surface area (Å²) in [5.41, 5.74) is 0. The second-order valence-corrected chi connectivity index (χ2v) is 3.42. The lowest BCUT2D eigenvalue weighted by Gasteiger charge is -2.12. The van der Waals surface area contributed by atoms with Crippen molar-refractivity contribution < 1.29 is 14.3 Å². The first-order chi connectivity index (χ1) is 7.72. The second kappa shape index (κ2) is 4.22. The van der Waals surface area contributed by atoms with Gasteiger partial charge in [-0.2, -0.15) is 5.10 Å². The molecule has 2 aromatic rings. The maximum absolute atomic E-state index is 10.7. The number of furan rings is 1. The van der Waals surface area contributed by atoms with Crippen LogP contribution >= 0.6 is 0 Å². The summed E-state index contributed by atoms with van der Waals surface area (Å²) in [6.07, 6.45) is 4.30. The van der Waals surface area contributed by atoms with Gasteiger partial charge in [0.15, 0.2) is 0 Å². The van der Waals surface area contributed by atoms with Crippen molar-refractivity contribution >= 4 is 5.97 Å². The standard InChI is InChI=1S/C11H12N2O3/c1-2-8(13-7-3-6-12-13)9-4-5-10(16-9)11(14)15/h3-8H,2H2,1H3,(H,14,15)/t8-/m1/s1. The Morgan fingerprint density at radius 1 is 1.62 bits per heavy atom. The van der Waals surface area contributed by atoms with Crippen LogP contribution in [-0.2, 0) is 0 Å². The Morgan fingerprint density at radius 3 is 2.94 bits per heavy atom. The van der Waals surface area contributed by atoms with Crippen LogP contribution in [0.3, 0.4) is 0 Å². The van der Waals surface area contributed by atoms with Crippen LogP contribution in [0.15, 0.2) is 35.0 Å². The Kier molecular flexibility index (Phi) is 2.76. The van der Waals surface area contributed by atoms with E-state index in [1.165, 1.54) is 6.07 Å². The Morgan fingerprint density at radius 2 is 2.44 bits per heavy atom. The number of nitrogens with zero attached hydrogens (tertiary/aromatic N) is 2. The summed E-state index contributed by atoms with van der Waals surface area (Å²) in [7, 11) is 0. The van der Waals surface area contributed by atoms with Gasteiger partial charge in [-0.15, -0.1) is 0 Å². The Labute approximate surface area is 92.3 Å². The minimum Gasteiger partial charge on any atom is -0.475 e. The molecule has 1 N–H and O–H groups in total. The molecule has 2 rings (SSSR count). The Hall–Kier alpha value is -2.04. The first-order valence-electron chi connectivity index (χ1n) is 5.04. The van der Waals surface area contributed by atoms with E-state index in [1.807, 2.05) is 19.2 Å². The van der Waals surface area contributed by atoms with Crippen LogP contribution in [0.4, 0.5) is 0 Å². The molecule has 0 spiro atoms. The highest BCUT2D eigenvalue weighted by molar-refractivity contribution is 5.84. The first kappa shape index (κ1) is 10.5. The first-order valence-corrected chi connectivity index (χ1v) is 5.04. The van der Waals surface area contributed by atoms with Crippen molar-refractivity contribution in [1.82, 2.24) is 9.78 Å². The maximum Gasteiger partial charge on any atom is 0.371 e. The molecule has 0 radical (unpaired) electrons. The molecule has 0 bridgehead atoms. The summed E-state index contributed by atoms with van der Waals surface area (Å²) >= 11 is 0. The van der Waals surface area contributed by atoms with Crippen LogP contribution < -0.4 is 0 Å². The molecule has 0 saturated heterocycles. The van der Waals surface area contributed by atoms with Gasteiger partial charge in [0.1, 0.15) is 11.8 Å². The summed E-state index contributed by atoms with van der Waals surface area (Å²) in [6.45, 7) is 2.00. The van der Waals surface area contributed by atoms with Gasteiger partial charge >= 0.3 is 5.97 Å². The molecule has 0 aliphatic rings. The summed E-state index contributed by atoms with van der Waals surface area (Å²) in [5, 5.41) is 12.9. The van der Waals surface area contributed by atoms with Gasteiger partial charge < -0.3 is 9.52 Å². The summed E-state index contributed by atoms with van der Waals surface area (Å²) in [4.78, 5) is 10.7. The van der Waals surface area contributed by atoms with Crippen LogP contribution in [-0.4, -0.2) is 20.9 Å². The largest absolute Gasteiger partial charge is 0.475 e. The van der Waals surface area contributed by atoms with Crippen molar-refractivity contribution in [2.24, 2.45) is 0 Å². The van der Waals surface area contributed by atoms with Gasteiger partial charge in [-0.05, 0) is 24.6 Å². The molecular weight excluding hydrogens is 208 g/mol. The predicted octanol–water partition coefficient (Wildman–Crippen LogP) is 2.17. The summed E-state index contributed by atoms with van der Waals surface area (Å²) in [6, 6.07) is 4.91. The monoisotopic (exact) mass is 220 g/mol. The van der Waals surface area contributed by atoms with E-state index in [9.17, 15) is 4.79 Å². The van der Waals surface area contributed by atoms with Crippen molar-refractivity contribution in [3.8, 4) is 0 Å². The third-order valence-corrected chi connectivity index (χ3v) is 2.40. The molecular formula is C11H12N2O3. The normalized spacial score (nSPS) is 12.6. The molecule has 0 saturated carbocycles.